The van der Waals surface area contributed by atoms with Gasteiger partial charge in [0.15, 0.2) is 0 Å². The molecule has 0 unspecified atom stereocenters. The number of likely N-dealkylation sites (tertiary alicyclic amines) is 1. The van der Waals surface area contributed by atoms with E-state index in [9.17, 15) is 4.79 Å². The summed E-state index contributed by atoms with van der Waals surface area (Å²) in [6.07, 6.45) is 1.83. The van der Waals surface area contributed by atoms with Crippen LogP contribution in [0.15, 0.2) is 36.4 Å². The number of hydrogen-bond donors (Lipinski definition) is 0. The van der Waals surface area contributed by atoms with E-state index in [2.05, 4.69) is 47.1 Å². The third-order valence-electron chi connectivity index (χ3n) is 5.93. The van der Waals surface area contributed by atoms with E-state index >= 15 is 0 Å². The SMILES string of the molecule is CC(=O)N1Cc2cc(C)ccc2OC2(CCN(Cc3cccc(C)n3)CC2)C1. The molecular formula is C23H29N3O2. The second-order valence-corrected chi connectivity index (χ2v) is 8.32. The van der Waals surface area contributed by atoms with Crippen molar-refractivity contribution in [2.45, 2.75) is 52.3 Å². The number of benzene rings is 1. The summed E-state index contributed by atoms with van der Waals surface area (Å²) in [5.74, 6) is 1.05. The molecule has 148 valence electrons. The van der Waals surface area contributed by atoms with Crippen molar-refractivity contribution in [3.05, 3.63) is 58.9 Å². The first kappa shape index (κ1) is 18.9. The van der Waals surface area contributed by atoms with Gasteiger partial charge in [-0.25, -0.2) is 0 Å². The summed E-state index contributed by atoms with van der Waals surface area (Å²) in [4.78, 5) is 21.3. The lowest BCUT2D eigenvalue weighted by atomic mass is 9.90. The fourth-order valence-corrected chi connectivity index (χ4v) is 4.32. The number of nitrogens with zero attached hydrogens (tertiary/aromatic N) is 3. The third kappa shape index (κ3) is 4.04. The van der Waals surface area contributed by atoms with Crippen LogP contribution in [0.2, 0.25) is 0 Å². The van der Waals surface area contributed by atoms with Crippen LogP contribution in [-0.4, -0.2) is 45.9 Å². The Morgan fingerprint density at radius 1 is 1.18 bits per heavy atom. The van der Waals surface area contributed by atoms with Crippen molar-refractivity contribution >= 4 is 5.91 Å². The first-order valence-electron chi connectivity index (χ1n) is 10.1. The van der Waals surface area contributed by atoms with Crippen LogP contribution >= 0.6 is 0 Å². The van der Waals surface area contributed by atoms with Crippen LogP contribution in [0.5, 0.6) is 5.75 Å². The van der Waals surface area contributed by atoms with Gasteiger partial charge in [-0.2, -0.15) is 0 Å². The number of fused-ring (bicyclic) bond motifs is 1. The Morgan fingerprint density at radius 2 is 1.96 bits per heavy atom. The number of ether oxygens (including phenoxy) is 1. The van der Waals surface area contributed by atoms with Crippen LogP contribution in [0.3, 0.4) is 0 Å². The Morgan fingerprint density at radius 3 is 2.68 bits per heavy atom. The maximum absolute atomic E-state index is 12.3. The van der Waals surface area contributed by atoms with E-state index in [1.165, 1.54) is 5.56 Å². The van der Waals surface area contributed by atoms with Crippen molar-refractivity contribution in [2.24, 2.45) is 0 Å². The molecule has 3 heterocycles. The zero-order valence-corrected chi connectivity index (χ0v) is 17.1. The number of aromatic nitrogens is 1. The monoisotopic (exact) mass is 379 g/mol. The molecule has 1 aromatic heterocycles. The zero-order valence-electron chi connectivity index (χ0n) is 17.1. The van der Waals surface area contributed by atoms with Gasteiger partial charge in [0, 0.05) is 57.2 Å². The van der Waals surface area contributed by atoms with Crippen LogP contribution in [0.1, 0.15) is 42.3 Å². The van der Waals surface area contributed by atoms with Gasteiger partial charge in [-0.1, -0.05) is 23.8 Å². The molecular weight excluding hydrogens is 350 g/mol. The standard InChI is InChI=1S/C23H29N3O2/c1-17-7-8-22-20(13-17)14-26(19(3)27)16-23(28-22)9-11-25(12-10-23)15-21-6-4-5-18(2)24-21/h4-8,13H,9-12,14-16H2,1-3H3. The highest BCUT2D eigenvalue weighted by Crippen LogP contribution is 2.36. The molecule has 2 aliphatic heterocycles. The molecule has 0 atom stereocenters. The fourth-order valence-electron chi connectivity index (χ4n) is 4.32. The normalized spacial score (nSPS) is 19.0. The highest BCUT2D eigenvalue weighted by molar-refractivity contribution is 5.73. The predicted molar refractivity (Wildman–Crippen MR) is 109 cm³/mol. The molecule has 0 N–H and O–H groups in total. The molecule has 0 aliphatic carbocycles. The van der Waals surface area contributed by atoms with Crippen LogP contribution in [-0.2, 0) is 17.9 Å². The van der Waals surface area contributed by atoms with Crippen molar-refractivity contribution < 1.29 is 9.53 Å². The number of piperidine rings is 1. The lowest BCUT2D eigenvalue weighted by Gasteiger charge is -2.42. The number of carbonyl (C=O) groups is 1. The first-order chi connectivity index (χ1) is 13.4. The van der Waals surface area contributed by atoms with Crippen LogP contribution in [0.25, 0.3) is 0 Å². The number of carbonyl (C=O) groups excluding carboxylic acids is 1. The first-order valence-corrected chi connectivity index (χ1v) is 10.1. The second-order valence-electron chi connectivity index (χ2n) is 8.32. The number of pyridine rings is 1. The van der Waals surface area contributed by atoms with E-state index in [-0.39, 0.29) is 11.5 Å². The van der Waals surface area contributed by atoms with E-state index in [4.69, 9.17) is 4.74 Å². The third-order valence-corrected chi connectivity index (χ3v) is 5.93. The molecule has 1 saturated heterocycles. The lowest BCUT2D eigenvalue weighted by molar-refractivity contribution is -0.132. The van der Waals surface area contributed by atoms with E-state index < -0.39 is 0 Å². The molecule has 1 fully saturated rings. The van der Waals surface area contributed by atoms with Gasteiger partial charge in [0.25, 0.3) is 0 Å². The zero-order chi connectivity index (χ0) is 19.7. The molecule has 0 radical (unpaired) electrons. The minimum absolute atomic E-state index is 0.115. The largest absolute Gasteiger partial charge is 0.485 e. The van der Waals surface area contributed by atoms with Crippen molar-refractivity contribution in [1.82, 2.24) is 14.8 Å². The van der Waals surface area contributed by atoms with Gasteiger partial charge in [-0.15, -0.1) is 0 Å². The summed E-state index contributed by atoms with van der Waals surface area (Å²) in [5, 5.41) is 0. The molecule has 28 heavy (non-hydrogen) atoms. The lowest BCUT2D eigenvalue weighted by Crippen LogP contribution is -2.53. The highest BCUT2D eigenvalue weighted by atomic mass is 16.5. The van der Waals surface area contributed by atoms with Gasteiger partial charge < -0.3 is 9.64 Å². The Labute approximate surface area is 167 Å². The molecule has 1 amide bonds. The molecule has 0 saturated carbocycles. The average molecular weight is 380 g/mol. The fraction of sp³-hybridized carbons (Fsp3) is 0.478. The predicted octanol–water partition coefficient (Wildman–Crippen LogP) is 3.47. The van der Waals surface area contributed by atoms with Crippen LogP contribution in [0.4, 0.5) is 0 Å². The summed E-state index contributed by atoms with van der Waals surface area (Å²) in [7, 11) is 0. The Kier molecular flexibility index (Phi) is 5.11. The Balaban J connectivity index is 1.51. The van der Waals surface area contributed by atoms with Gasteiger partial charge in [0.2, 0.25) is 5.91 Å². The summed E-state index contributed by atoms with van der Waals surface area (Å²) in [5.41, 5.74) is 4.18. The maximum Gasteiger partial charge on any atom is 0.219 e. The number of hydrogen-bond acceptors (Lipinski definition) is 4. The molecule has 2 aromatic rings. The maximum atomic E-state index is 12.3. The van der Waals surface area contributed by atoms with Gasteiger partial charge in [0.05, 0.1) is 12.2 Å². The van der Waals surface area contributed by atoms with Crippen LogP contribution < -0.4 is 4.74 Å². The molecule has 0 bridgehead atoms. The molecule has 2 aliphatic rings. The minimum atomic E-state index is -0.303. The smallest absolute Gasteiger partial charge is 0.219 e. The van der Waals surface area contributed by atoms with E-state index in [1.54, 1.807) is 6.92 Å². The van der Waals surface area contributed by atoms with Gasteiger partial charge in [0.1, 0.15) is 11.4 Å². The molecule has 5 nitrogen and oxygen atoms in total. The Bertz CT molecular complexity index is 872. The summed E-state index contributed by atoms with van der Waals surface area (Å²) in [6.45, 7) is 9.82. The number of amides is 1. The quantitative estimate of drug-likeness (QED) is 0.802. The number of aryl methyl sites for hydroxylation is 2. The van der Waals surface area contributed by atoms with Crippen molar-refractivity contribution in [2.75, 3.05) is 19.6 Å². The minimum Gasteiger partial charge on any atom is -0.485 e. The van der Waals surface area contributed by atoms with Gasteiger partial charge >= 0.3 is 0 Å². The highest BCUT2D eigenvalue weighted by Gasteiger charge is 2.41. The van der Waals surface area contributed by atoms with E-state index in [0.717, 1.165) is 55.2 Å². The molecule has 5 heteroatoms. The topological polar surface area (TPSA) is 45.7 Å². The summed E-state index contributed by atoms with van der Waals surface area (Å²) < 4.78 is 6.60. The summed E-state index contributed by atoms with van der Waals surface area (Å²) >= 11 is 0. The molecule has 1 spiro atoms. The van der Waals surface area contributed by atoms with E-state index in [1.807, 2.05) is 17.9 Å². The Hall–Kier alpha value is -2.40. The average Bonchev–Trinajstić information content (AvgIpc) is 2.81. The molecule has 1 aromatic carbocycles. The van der Waals surface area contributed by atoms with Crippen molar-refractivity contribution in [1.29, 1.82) is 0 Å². The van der Waals surface area contributed by atoms with Crippen molar-refractivity contribution in [3.63, 3.8) is 0 Å². The van der Waals surface area contributed by atoms with Gasteiger partial charge in [-0.05, 0) is 32.0 Å². The second kappa shape index (κ2) is 7.55. The van der Waals surface area contributed by atoms with E-state index in [0.29, 0.717) is 13.1 Å². The van der Waals surface area contributed by atoms with Crippen molar-refractivity contribution in [3.8, 4) is 5.75 Å². The van der Waals surface area contributed by atoms with Crippen LogP contribution in [0, 0.1) is 13.8 Å². The summed E-state index contributed by atoms with van der Waals surface area (Å²) in [6, 6.07) is 12.5. The molecule has 4 rings (SSSR count). The number of rotatable bonds is 2. The van der Waals surface area contributed by atoms with Gasteiger partial charge in [-0.3, -0.25) is 14.7 Å².